The molecule has 0 radical (unpaired) electrons. The molecule has 5 saturated carbocycles. The lowest BCUT2D eigenvalue weighted by Crippen LogP contribution is -2.70. The average molecular weight is 947 g/mol. The molecular weight excluding hydrogens is 874 g/mol. The Kier molecular flexibility index (Phi) is 12.0. The minimum Gasteiger partial charge on any atom is -0.462 e. The van der Waals surface area contributed by atoms with Crippen LogP contribution in [0.1, 0.15) is 169 Å². The minimum atomic E-state index is -4.72. The lowest BCUT2D eigenvalue weighted by Gasteiger charge is -2.75. The van der Waals surface area contributed by atoms with Gasteiger partial charge in [0, 0.05) is 17.9 Å². The van der Waals surface area contributed by atoms with Crippen LogP contribution >= 0.6 is 0 Å². The fraction of sp³-hybridized carbons (Fsp3) is 0.704. The van der Waals surface area contributed by atoms with Crippen LogP contribution in [-0.2, 0) is 41.4 Å². The second kappa shape index (κ2) is 16.3. The highest BCUT2D eigenvalue weighted by Crippen LogP contribution is 2.79. The number of ether oxygens (including phenoxy) is 2. The van der Waals surface area contributed by atoms with Gasteiger partial charge in [0.05, 0.1) is 17.4 Å². The van der Waals surface area contributed by atoms with Crippen LogP contribution in [0, 0.1) is 62.1 Å². The van der Waals surface area contributed by atoms with E-state index in [9.17, 15) is 37.1 Å². The fourth-order valence-electron chi connectivity index (χ4n) is 15.2. The predicted octanol–water partition coefficient (Wildman–Crippen LogP) is 10.5. The molecule has 6 aliphatic rings. The summed E-state index contributed by atoms with van der Waals surface area (Å²) in [7, 11) is 0. The summed E-state index contributed by atoms with van der Waals surface area (Å²) >= 11 is 0. The summed E-state index contributed by atoms with van der Waals surface area (Å²) in [5.74, 6) is -2.50. The lowest BCUT2D eigenvalue weighted by atomic mass is 9.30. The van der Waals surface area contributed by atoms with E-state index < -0.39 is 51.8 Å². The van der Waals surface area contributed by atoms with Crippen molar-refractivity contribution in [2.24, 2.45) is 62.1 Å². The zero-order chi connectivity index (χ0) is 50.0. The van der Waals surface area contributed by atoms with Crippen molar-refractivity contribution in [3.05, 3.63) is 64.5 Å². The molecule has 3 N–H and O–H groups in total. The molecule has 4 unspecified atom stereocenters. The molecule has 1 aromatic heterocycles. The van der Waals surface area contributed by atoms with Crippen LogP contribution in [-0.4, -0.2) is 56.9 Å². The molecule has 8 rings (SSSR count). The Morgan fingerprint density at radius 2 is 1.49 bits per heavy atom. The Morgan fingerprint density at radius 1 is 0.838 bits per heavy atom. The van der Waals surface area contributed by atoms with Crippen LogP contribution in [0.3, 0.4) is 0 Å². The average Bonchev–Trinajstić information content (AvgIpc) is 3.87. The van der Waals surface area contributed by atoms with Gasteiger partial charge in [-0.2, -0.15) is 18.3 Å². The van der Waals surface area contributed by atoms with Crippen molar-refractivity contribution < 1.29 is 46.6 Å². The number of carbonyl (C=O) groups is 5. The predicted molar refractivity (Wildman–Crippen MR) is 249 cm³/mol. The molecule has 11 nitrogen and oxygen atoms in total. The van der Waals surface area contributed by atoms with Gasteiger partial charge in [-0.15, -0.1) is 0 Å². The van der Waals surface area contributed by atoms with E-state index in [4.69, 9.17) is 9.47 Å². The SMILES string of the molecule is CC(C)C1=C2C3CC[C@@H]4C5(C)CCC(OC(=O)[C@H]6C[C@@H](C(=O)OCc7ccccc7)C6(C)C)C(C)(C)[C@]5(C)CC[C@@]4(C)[C@]3(C)CCC2(NC(=O)C(C)(C)NC(=O)c2cc(C(F)(F)F)[nH]n2)CC1=O. The van der Waals surface area contributed by atoms with Gasteiger partial charge in [-0.3, -0.25) is 29.1 Å². The number of esters is 2. The number of hydrogen-bond donors (Lipinski definition) is 3. The Hall–Kier alpha value is -4.49. The largest absolute Gasteiger partial charge is 0.462 e. The number of Topliss-reactive ketones (excluding diaryl/α,β-unsaturated/α-hetero) is 1. The van der Waals surface area contributed by atoms with Gasteiger partial charge in [-0.1, -0.05) is 99.6 Å². The molecule has 68 heavy (non-hydrogen) atoms. The monoisotopic (exact) mass is 947 g/mol. The number of aromatic nitrogens is 2. The van der Waals surface area contributed by atoms with Crippen molar-refractivity contribution in [1.29, 1.82) is 0 Å². The minimum absolute atomic E-state index is 0.00716. The van der Waals surface area contributed by atoms with E-state index in [1.54, 1.807) is 0 Å². The number of aromatic amines is 1. The summed E-state index contributed by atoms with van der Waals surface area (Å²) in [5.41, 5.74) is -3.09. The maximum atomic E-state index is 14.4. The Labute approximate surface area is 399 Å². The smallest absolute Gasteiger partial charge is 0.432 e. The topological polar surface area (TPSA) is 157 Å². The van der Waals surface area contributed by atoms with Gasteiger partial charge in [-0.25, -0.2) is 0 Å². The number of carbonyl (C=O) groups excluding carboxylic acids is 5. The number of benzene rings is 1. The number of nitrogens with zero attached hydrogens (tertiary/aromatic N) is 1. The molecule has 0 spiro atoms. The molecule has 2 aromatic rings. The zero-order valence-electron chi connectivity index (χ0n) is 42.1. The van der Waals surface area contributed by atoms with Crippen LogP contribution < -0.4 is 10.6 Å². The first-order valence-corrected chi connectivity index (χ1v) is 24.9. The number of H-pyrrole nitrogens is 1. The molecular formula is C54H73F3N4O7. The molecule has 0 aliphatic heterocycles. The van der Waals surface area contributed by atoms with Crippen LogP contribution in [0.4, 0.5) is 13.2 Å². The number of rotatable bonds is 10. The first kappa shape index (κ1) is 49.9. The normalized spacial score (nSPS) is 36.1. The zero-order valence-corrected chi connectivity index (χ0v) is 42.1. The molecule has 1 aromatic carbocycles. The highest BCUT2D eigenvalue weighted by Gasteiger charge is 2.74. The summed E-state index contributed by atoms with van der Waals surface area (Å²) in [6.45, 7) is 25.6. The second-order valence-corrected chi connectivity index (χ2v) is 24.6. The van der Waals surface area contributed by atoms with Gasteiger partial charge in [-0.05, 0) is 133 Å². The van der Waals surface area contributed by atoms with E-state index >= 15 is 0 Å². The van der Waals surface area contributed by atoms with Gasteiger partial charge in [0.15, 0.2) is 11.5 Å². The number of nitrogens with one attached hydrogen (secondary N) is 3. The van der Waals surface area contributed by atoms with Gasteiger partial charge in [0.25, 0.3) is 5.91 Å². The number of amides is 2. The van der Waals surface area contributed by atoms with E-state index in [1.807, 2.05) is 63.1 Å². The maximum absolute atomic E-state index is 14.4. The quantitative estimate of drug-likeness (QED) is 0.199. The van der Waals surface area contributed by atoms with Crippen LogP contribution in [0.25, 0.3) is 0 Å². The van der Waals surface area contributed by atoms with Crippen LogP contribution in [0.5, 0.6) is 0 Å². The van der Waals surface area contributed by atoms with Crippen molar-refractivity contribution in [3.63, 3.8) is 0 Å². The van der Waals surface area contributed by atoms with Gasteiger partial charge in [0.1, 0.15) is 23.9 Å². The molecule has 2 amide bonds. The number of ketones is 1. The van der Waals surface area contributed by atoms with Crippen LogP contribution in [0.2, 0.25) is 0 Å². The Bertz CT molecular complexity index is 2420. The van der Waals surface area contributed by atoms with E-state index in [-0.39, 0.29) is 81.7 Å². The number of allylic oxidation sites excluding steroid dienone is 1. The van der Waals surface area contributed by atoms with E-state index in [1.165, 1.54) is 13.8 Å². The summed E-state index contributed by atoms with van der Waals surface area (Å²) in [4.78, 5) is 69.2. The highest BCUT2D eigenvalue weighted by molar-refractivity contribution is 6.03. The van der Waals surface area contributed by atoms with Crippen molar-refractivity contribution in [2.45, 2.75) is 177 Å². The fourth-order valence-corrected chi connectivity index (χ4v) is 15.2. The second-order valence-electron chi connectivity index (χ2n) is 24.6. The number of hydrogen-bond acceptors (Lipinski definition) is 8. The first-order chi connectivity index (χ1) is 31.4. The molecule has 0 bridgehead atoms. The van der Waals surface area contributed by atoms with Crippen molar-refractivity contribution in [3.8, 4) is 0 Å². The Morgan fingerprint density at radius 3 is 2.10 bits per heavy atom. The standard InChI is InChI=1S/C54H73F3N4O7/c1-30(2)40-36(62)28-53(59-45(66)48(7,8)58-42(63)35-27-38(61-60-35)54(55,56)57)25-23-49(9)32(41(40)53)18-19-37-50(49,10)22-24-52(12)47(5,6)39(20-21-51(37,52)11)68-44(65)34-26-33(46(34,3)4)43(64)67-29-31-16-14-13-15-17-31/h13-17,27,30,32-34,37,39H,18-26,28-29H2,1-12H3,(H,58,63)(H,59,66)(H,60,61)/t32?,33-,34+,37-,39?,49+,50+,51?,52-,53?/m0/s1. The molecule has 0 saturated heterocycles. The molecule has 1 heterocycles. The van der Waals surface area contributed by atoms with Gasteiger partial charge >= 0.3 is 18.1 Å². The Balaban J connectivity index is 0.993. The molecule has 6 aliphatic carbocycles. The van der Waals surface area contributed by atoms with E-state index in [0.29, 0.717) is 24.8 Å². The maximum Gasteiger partial charge on any atom is 0.432 e. The van der Waals surface area contributed by atoms with E-state index in [2.05, 4.69) is 57.3 Å². The third kappa shape index (κ3) is 7.40. The van der Waals surface area contributed by atoms with Crippen LogP contribution in [0.15, 0.2) is 47.5 Å². The van der Waals surface area contributed by atoms with E-state index in [0.717, 1.165) is 61.7 Å². The summed E-state index contributed by atoms with van der Waals surface area (Å²) in [6.07, 6.45) is 2.07. The molecule has 10 atom stereocenters. The first-order valence-electron chi connectivity index (χ1n) is 24.9. The lowest BCUT2D eigenvalue weighted by molar-refractivity contribution is -0.272. The summed E-state index contributed by atoms with van der Waals surface area (Å²) < 4.78 is 52.2. The third-order valence-corrected chi connectivity index (χ3v) is 20.3. The summed E-state index contributed by atoms with van der Waals surface area (Å²) in [6, 6.07) is 10.2. The highest BCUT2D eigenvalue weighted by atomic mass is 19.4. The molecule has 372 valence electrons. The van der Waals surface area contributed by atoms with Crippen molar-refractivity contribution in [1.82, 2.24) is 20.8 Å². The van der Waals surface area contributed by atoms with Crippen molar-refractivity contribution in [2.75, 3.05) is 0 Å². The number of halogens is 3. The molecule has 5 fully saturated rings. The van der Waals surface area contributed by atoms with Gasteiger partial charge in [0.2, 0.25) is 5.91 Å². The van der Waals surface area contributed by atoms with Crippen molar-refractivity contribution >= 4 is 29.5 Å². The molecule has 14 heteroatoms. The van der Waals surface area contributed by atoms with Gasteiger partial charge < -0.3 is 20.1 Å². The number of fused-ring (bicyclic) bond motifs is 7. The third-order valence-electron chi connectivity index (χ3n) is 20.3. The number of alkyl halides is 3. The summed E-state index contributed by atoms with van der Waals surface area (Å²) in [5, 5.41) is 11.3.